The van der Waals surface area contributed by atoms with Crippen molar-refractivity contribution in [2.24, 2.45) is 11.3 Å². The molecule has 3 atom stereocenters. The Bertz CT molecular complexity index is 550. The molecule has 2 N–H and O–H groups in total. The van der Waals surface area contributed by atoms with E-state index in [4.69, 9.17) is 4.74 Å². The second kappa shape index (κ2) is 4.98. The summed E-state index contributed by atoms with van der Waals surface area (Å²) >= 11 is 0. The quantitative estimate of drug-likeness (QED) is 0.879. The van der Waals surface area contributed by atoms with Gasteiger partial charge in [0, 0.05) is 29.7 Å². The summed E-state index contributed by atoms with van der Waals surface area (Å²) in [6, 6.07) is 3.84. The van der Waals surface area contributed by atoms with Crippen molar-refractivity contribution >= 4 is 11.8 Å². The maximum Gasteiger partial charge on any atom is 0.320 e. The first-order valence-electron chi connectivity index (χ1n) is 7.52. The minimum atomic E-state index is -0.184. The number of aromatic nitrogens is 1. The van der Waals surface area contributed by atoms with E-state index in [2.05, 4.69) is 29.5 Å². The molecule has 3 unspecified atom stereocenters. The molecule has 0 radical (unpaired) electrons. The van der Waals surface area contributed by atoms with Crippen molar-refractivity contribution in [2.45, 2.75) is 46.3 Å². The standard InChI is InChI=1S/C16H23N3O2/c1-9-7-10(2)17-12(8-9)18-15(20)19-13-11-5-6-21-14(11)16(13,3)4/h7-8,11,13-14H,5-6H2,1-4H3,(H2,17,18,19,20). The number of amides is 2. The number of pyridine rings is 1. The lowest BCUT2D eigenvalue weighted by molar-refractivity contribution is -0.107. The van der Waals surface area contributed by atoms with E-state index in [1.807, 2.05) is 26.0 Å². The maximum atomic E-state index is 12.2. The highest BCUT2D eigenvalue weighted by Gasteiger charge is 2.59. The molecule has 1 saturated heterocycles. The van der Waals surface area contributed by atoms with E-state index in [1.165, 1.54) is 0 Å². The maximum absolute atomic E-state index is 12.2. The molecule has 1 aromatic rings. The Morgan fingerprint density at radius 1 is 1.38 bits per heavy atom. The molecule has 0 aromatic carbocycles. The number of fused-ring (bicyclic) bond motifs is 1. The molecule has 0 spiro atoms. The van der Waals surface area contributed by atoms with Crippen LogP contribution in [0.15, 0.2) is 12.1 Å². The van der Waals surface area contributed by atoms with Crippen LogP contribution in [0.4, 0.5) is 10.6 Å². The van der Waals surface area contributed by atoms with Crippen LogP contribution in [0.25, 0.3) is 0 Å². The molecule has 2 amide bonds. The van der Waals surface area contributed by atoms with E-state index in [0.29, 0.717) is 11.7 Å². The summed E-state index contributed by atoms with van der Waals surface area (Å²) in [5.74, 6) is 1.04. The molecule has 1 aromatic heterocycles. The van der Waals surface area contributed by atoms with Crippen LogP contribution in [-0.2, 0) is 4.74 Å². The summed E-state index contributed by atoms with van der Waals surface area (Å²) in [5, 5.41) is 5.93. The number of rotatable bonds is 2. The average molecular weight is 289 g/mol. The van der Waals surface area contributed by atoms with Gasteiger partial charge in [0.2, 0.25) is 0 Å². The van der Waals surface area contributed by atoms with Gasteiger partial charge in [-0.15, -0.1) is 0 Å². The lowest BCUT2D eigenvalue weighted by atomic mass is 9.57. The lowest BCUT2D eigenvalue weighted by Gasteiger charge is -2.54. The Kier molecular flexibility index (Phi) is 3.40. The third-order valence-corrected chi connectivity index (χ3v) is 4.73. The summed E-state index contributed by atoms with van der Waals surface area (Å²) in [5.41, 5.74) is 1.98. The number of anilines is 1. The van der Waals surface area contributed by atoms with E-state index in [9.17, 15) is 4.79 Å². The second-order valence-corrected chi connectivity index (χ2v) is 6.81. The van der Waals surface area contributed by atoms with Crippen molar-refractivity contribution in [3.05, 3.63) is 23.4 Å². The van der Waals surface area contributed by atoms with Gasteiger partial charge in [-0.25, -0.2) is 9.78 Å². The van der Waals surface area contributed by atoms with E-state index in [-0.39, 0.29) is 23.6 Å². The molecule has 5 heteroatoms. The average Bonchev–Trinajstić information content (AvgIpc) is 2.81. The van der Waals surface area contributed by atoms with Crippen LogP contribution in [0.3, 0.4) is 0 Å². The first-order chi connectivity index (χ1) is 9.88. The molecule has 5 nitrogen and oxygen atoms in total. The number of nitrogens with one attached hydrogen (secondary N) is 2. The van der Waals surface area contributed by atoms with Gasteiger partial charge in [-0.1, -0.05) is 13.8 Å². The minimum absolute atomic E-state index is 0.00550. The third kappa shape index (κ3) is 2.50. The van der Waals surface area contributed by atoms with E-state index in [1.54, 1.807) is 0 Å². The Hall–Kier alpha value is -1.62. The van der Waals surface area contributed by atoms with Gasteiger partial charge >= 0.3 is 6.03 Å². The highest BCUT2D eigenvalue weighted by atomic mass is 16.5. The van der Waals surface area contributed by atoms with Crippen molar-refractivity contribution in [1.82, 2.24) is 10.3 Å². The van der Waals surface area contributed by atoms with E-state index in [0.717, 1.165) is 24.3 Å². The van der Waals surface area contributed by atoms with Crippen LogP contribution in [0, 0.1) is 25.2 Å². The molecule has 0 bridgehead atoms. The molecular formula is C16H23N3O2. The van der Waals surface area contributed by atoms with Gasteiger partial charge in [0.25, 0.3) is 0 Å². The Balaban J connectivity index is 1.64. The topological polar surface area (TPSA) is 63.2 Å². The number of ether oxygens (including phenoxy) is 1. The predicted octanol–water partition coefficient (Wildman–Crippen LogP) is 2.63. The smallest absolute Gasteiger partial charge is 0.320 e. The molecule has 114 valence electrons. The molecule has 3 rings (SSSR count). The highest BCUT2D eigenvalue weighted by molar-refractivity contribution is 5.88. The molecule has 1 aliphatic heterocycles. The van der Waals surface area contributed by atoms with Crippen molar-refractivity contribution in [3.8, 4) is 0 Å². The molecular weight excluding hydrogens is 266 g/mol. The Morgan fingerprint density at radius 2 is 2.14 bits per heavy atom. The van der Waals surface area contributed by atoms with Crippen molar-refractivity contribution in [3.63, 3.8) is 0 Å². The number of urea groups is 1. The fourth-order valence-corrected chi connectivity index (χ4v) is 3.82. The fourth-order valence-electron chi connectivity index (χ4n) is 3.82. The van der Waals surface area contributed by atoms with Crippen LogP contribution < -0.4 is 10.6 Å². The molecule has 2 fully saturated rings. The molecule has 2 heterocycles. The molecule has 1 aliphatic carbocycles. The van der Waals surface area contributed by atoms with Gasteiger partial charge in [-0.3, -0.25) is 5.32 Å². The number of carbonyl (C=O) groups excluding carboxylic acids is 1. The first kappa shape index (κ1) is 14.3. The van der Waals surface area contributed by atoms with E-state index < -0.39 is 0 Å². The van der Waals surface area contributed by atoms with Crippen molar-refractivity contribution in [2.75, 3.05) is 11.9 Å². The first-order valence-corrected chi connectivity index (χ1v) is 7.52. The van der Waals surface area contributed by atoms with Crippen LogP contribution in [-0.4, -0.2) is 29.8 Å². The van der Waals surface area contributed by atoms with Gasteiger partial charge in [0.15, 0.2) is 0 Å². The monoisotopic (exact) mass is 289 g/mol. The number of hydrogen-bond donors (Lipinski definition) is 2. The van der Waals surface area contributed by atoms with Gasteiger partial charge in [-0.2, -0.15) is 0 Å². The number of nitrogens with zero attached hydrogens (tertiary/aromatic N) is 1. The fraction of sp³-hybridized carbons (Fsp3) is 0.625. The lowest BCUT2D eigenvalue weighted by Crippen LogP contribution is -2.67. The summed E-state index contributed by atoms with van der Waals surface area (Å²) < 4.78 is 5.74. The highest BCUT2D eigenvalue weighted by Crippen LogP contribution is 2.52. The summed E-state index contributed by atoms with van der Waals surface area (Å²) in [6.45, 7) is 9.02. The third-order valence-electron chi connectivity index (χ3n) is 4.73. The zero-order valence-electron chi connectivity index (χ0n) is 13.1. The number of hydrogen-bond acceptors (Lipinski definition) is 3. The summed E-state index contributed by atoms with van der Waals surface area (Å²) in [4.78, 5) is 16.5. The number of carbonyl (C=O) groups is 1. The summed E-state index contributed by atoms with van der Waals surface area (Å²) in [7, 11) is 0. The van der Waals surface area contributed by atoms with Gasteiger partial charge < -0.3 is 10.1 Å². The molecule has 21 heavy (non-hydrogen) atoms. The van der Waals surface area contributed by atoms with Gasteiger partial charge in [0.1, 0.15) is 5.82 Å². The Labute approximate surface area is 125 Å². The largest absolute Gasteiger partial charge is 0.377 e. The summed E-state index contributed by atoms with van der Waals surface area (Å²) in [6.07, 6.45) is 1.31. The molecule has 2 aliphatic rings. The SMILES string of the molecule is Cc1cc(C)nc(NC(=O)NC2C3CCOC3C2(C)C)c1. The zero-order chi connectivity index (χ0) is 15.2. The molecule has 1 saturated carbocycles. The van der Waals surface area contributed by atoms with Crippen molar-refractivity contribution in [1.29, 1.82) is 0 Å². The number of aryl methyl sites for hydroxylation is 2. The Morgan fingerprint density at radius 3 is 2.86 bits per heavy atom. The van der Waals surface area contributed by atoms with Crippen LogP contribution in [0.5, 0.6) is 0 Å². The minimum Gasteiger partial charge on any atom is -0.377 e. The van der Waals surface area contributed by atoms with Gasteiger partial charge in [-0.05, 0) is 38.0 Å². The van der Waals surface area contributed by atoms with Crippen LogP contribution in [0.2, 0.25) is 0 Å². The normalized spacial score (nSPS) is 29.4. The van der Waals surface area contributed by atoms with Crippen LogP contribution in [0.1, 0.15) is 31.5 Å². The van der Waals surface area contributed by atoms with Gasteiger partial charge in [0.05, 0.1) is 6.10 Å². The van der Waals surface area contributed by atoms with E-state index >= 15 is 0 Å². The van der Waals surface area contributed by atoms with Crippen LogP contribution >= 0.6 is 0 Å². The zero-order valence-corrected chi connectivity index (χ0v) is 13.1. The second-order valence-electron chi connectivity index (χ2n) is 6.81. The van der Waals surface area contributed by atoms with Crippen molar-refractivity contribution < 1.29 is 9.53 Å². The predicted molar refractivity (Wildman–Crippen MR) is 81.3 cm³/mol.